The molecule has 0 N–H and O–H groups in total. The average Bonchev–Trinajstić information content (AvgIpc) is 3.79. The molecule has 0 aliphatic carbocycles. The van der Waals surface area contributed by atoms with E-state index >= 15 is 0 Å². The summed E-state index contributed by atoms with van der Waals surface area (Å²) in [5.41, 5.74) is 7.56. The quantitative estimate of drug-likeness (QED) is 0.187. The van der Waals surface area contributed by atoms with Gasteiger partial charge in [-0.05, 0) is 60.6 Å². The Hall–Kier alpha value is -4.86. The summed E-state index contributed by atoms with van der Waals surface area (Å²) in [6.07, 6.45) is 2.66. The van der Waals surface area contributed by atoms with E-state index in [2.05, 4.69) is 155 Å². The molecule has 43 heavy (non-hydrogen) atoms. The van der Waals surface area contributed by atoms with Gasteiger partial charge >= 0.3 is 0 Å². The van der Waals surface area contributed by atoms with Gasteiger partial charge in [0.1, 0.15) is 8.07 Å². The molecular weight excluding hydrogens is 537 g/mol. The molecule has 0 radical (unpaired) electrons. The molecule has 1 aliphatic rings. The van der Waals surface area contributed by atoms with Gasteiger partial charge in [0.05, 0.1) is 22.1 Å². The van der Waals surface area contributed by atoms with Crippen LogP contribution in [0.1, 0.15) is 12.8 Å². The van der Waals surface area contributed by atoms with E-state index in [-0.39, 0.29) is 0 Å². The van der Waals surface area contributed by atoms with Crippen LogP contribution in [0, 0.1) is 0 Å². The van der Waals surface area contributed by atoms with E-state index in [0.29, 0.717) is 0 Å². The molecule has 0 atom stereocenters. The molecule has 8 aromatic rings. The molecule has 0 unspecified atom stereocenters. The molecule has 2 nitrogen and oxygen atoms in total. The summed E-state index contributed by atoms with van der Waals surface area (Å²) in [7, 11) is -1.83. The maximum atomic E-state index is 2.46. The first-order chi connectivity index (χ1) is 21.3. The Kier molecular flexibility index (Phi) is 5.51. The summed E-state index contributed by atoms with van der Waals surface area (Å²) < 4.78 is 4.86. The number of fused-ring (bicyclic) bond motifs is 6. The Balaban J connectivity index is 1.13. The highest BCUT2D eigenvalue weighted by molar-refractivity contribution is 7.02. The van der Waals surface area contributed by atoms with E-state index in [1.165, 1.54) is 79.9 Å². The molecule has 1 aliphatic heterocycles. The third-order valence-corrected chi connectivity index (χ3v) is 15.3. The topological polar surface area (TPSA) is 9.86 Å². The number of aromatic nitrogens is 2. The van der Waals surface area contributed by atoms with Crippen LogP contribution in [-0.2, 0) is 0 Å². The number of hydrogen-bond acceptors (Lipinski definition) is 0. The van der Waals surface area contributed by atoms with Crippen LogP contribution in [0.5, 0.6) is 0 Å². The highest BCUT2D eigenvalue weighted by Gasteiger charge is 2.40. The smallest absolute Gasteiger partial charge is 0.118 e. The van der Waals surface area contributed by atoms with Gasteiger partial charge < -0.3 is 9.13 Å². The van der Waals surface area contributed by atoms with Crippen molar-refractivity contribution < 1.29 is 0 Å². The van der Waals surface area contributed by atoms with E-state index in [9.17, 15) is 0 Å². The summed E-state index contributed by atoms with van der Waals surface area (Å²) in [5, 5.41) is 8.39. The lowest BCUT2D eigenvalue weighted by atomic mass is 10.2. The number of rotatable bonds is 4. The third kappa shape index (κ3) is 3.65. The van der Waals surface area contributed by atoms with E-state index in [4.69, 9.17) is 0 Å². The van der Waals surface area contributed by atoms with Gasteiger partial charge in [-0.1, -0.05) is 120 Å². The van der Waals surface area contributed by atoms with Crippen molar-refractivity contribution in [1.29, 1.82) is 0 Å². The van der Waals surface area contributed by atoms with Gasteiger partial charge in [-0.15, -0.1) is 0 Å². The first kappa shape index (κ1) is 24.7. The van der Waals surface area contributed by atoms with Crippen LogP contribution in [0.3, 0.4) is 0 Å². The molecule has 1 saturated heterocycles. The van der Waals surface area contributed by atoms with Gasteiger partial charge in [0, 0.05) is 32.9 Å². The molecule has 0 saturated carbocycles. The van der Waals surface area contributed by atoms with E-state index < -0.39 is 8.07 Å². The van der Waals surface area contributed by atoms with Gasteiger partial charge in [0.15, 0.2) is 0 Å². The number of para-hydroxylation sites is 4. The fourth-order valence-corrected chi connectivity index (χ4v) is 13.0. The highest BCUT2D eigenvalue weighted by Crippen LogP contribution is 2.35. The minimum atomic E-state index is -1.83. The third-order valence-electron chi connectivity index (χ3n) is 9.97. The van der Waals surface area contributed by atoms with Crippen LogP contribution in [0.25, 0.3) is 55.0 Å². The van der Waals surface area contributed by atoms with Crippen molar-refractivity contribution in [3.05, 3.63) is 146 Å². The van der Waals surface area contributed by atoms with Gasteiger partial charge in [0.2, 0.25) is 0 Å². The molecule has 0 amide bonds. The first-order valence-electron chi connectivity index (χ1n) is 15.5. The second-order valence-electron chi connectivity index (χ2n) is 12.1. The monoisotopic (exact) mass is 568 g/mol. The molecule has 206 valence electrons. The Morgan fingerprint density at radius 2 is 0.651 bits per heavy atom. The zero-order chi connectivity index (χ0) is 28.4. The standard InChI is InChI=1S/C40H32N2Si/c1-5-15-37-33(11-1)34-12-2-6-16-38(34)41(37)29-19-23-31(24-20-29)43(27-9-10-28-43)32-25-21-30(22-26-32)42-39-17-7-3-13-35(39)36-14-4-8-18-40(36)42/h1-8,11-26H,9-10,27-28H2. The van der Waals surface area contributed by atoms with Crippen molar-refractivity contribution in [2.45, 2.75) is 24.9 Å². The van der Waals surface area contributed by atoms with E-state index in [1.807, 2.05) is 0 Å². The maximum absolute atomic E-state index is 2.46. The van der Waals surface area contributed by atoms with Crippen LogP contribution in [-0.4, -0.2) is 17.2 Å². The molecule has 1 fully saturated rings. The molecule has 2 aromatic heterocycles. The number of hydrogen-bond donors (Lipinski definition) is 0. The van der Waals surface area contributed by atoms with Crippen molar-refractivity contribution in [2.75, 3.05) is 0 Å². The minimum absolute atomic E-state index is 1.24. The van der Waals surface area contributed by atoms with Gasteiger partial charge in [-0.2, -0.15) is 0 Å². The number of nitrogens with zero attached hydrogens (tertiary/aromatic N) is 2. The average molecular weight is 569 g/mol. The van der Waals surface area contributed by atoms with Crippen LogP contribution in [0.4, 0.5) is 0 Å². The first-order valence-corrected chi connectivity index (χ1v) is 17.9. The van der Waals surface area contributed by atoms with Crippen LogP contribution in [0.15, 0.2) is 146 Å². The van der Waals surface area contributed by atoms with E-state index in [0.717, 1.165) is 0 Å². The van der Waals surface area contributed by atoms with Crippen LogP contribution in [0.2, 0.25) is 12.1 Å². The minimum Gasteiger partial charge on any atom is -0.309 e. The van der Waals surface area contributed by atoms with Gasteiger partial charge in [0.25, 0.3) is 0 Å². The molecule has 3 heterocycles. The highest BCUT2D eigenvalue weighted by atomic mass is 28.3. The summed E-state index contributed by atoms with van der Waals surface area (Å²) in [6.45, 7) is 0. The Bertz CT molecular complexity index is 2020. The lowest BCUT2D eigenvalue weighted by Crippen LogP contribution is -2.55. The van der Waals surface area contributed by atoms with Gasteiger partial charge in [-0.25, -0.2) is 0 Å². The summed E-state index contributed by atoms with van der Waals surface area (Å²) in [5.74, 6) is 0. The second-order valence-corrected chi connectivity index (χ2v) is 16.4. The zero-order valence-electron chi connectivity index (χ0n) is 24.1. The summed E-state index contributed by atoms with van der Waals surface area (Å²) >= 11 is 0. The van der Waals surface area contributed by atoms with Crippen molar-refractivity contribution in [2.24, 2.45) is 0 Å². The van der Waals surface area contributed by atoms with Crippen molar-refractivity contribution in [3.8, 4) is 11.4 Å². The predicted molar refractivity (Wildman–Crippen MR) is 185 cm³/mol. The van der Waals surface area contributed by atoms with Gasteiger partial charge in [-0.3, -0.25) is 0 Å². The summed E-state index contributed by atoms with van der Waals surface area (Å²) in [6, 6.07) is 57.1. The summed E-state index contributed by atoms with van der Waals surface area (Å²) in [4.78, 5) is 0. The Morgan fingerprint density at radius 1 is 0.349 bits per heavy atom. The molecular formula is C40H32N2Si. The van der Waals surface area contributed by atoms with Crippen LogP contribution >= 0.6 is 0 Å². The lowest BCUT2D eigenvalue weighted by molar-refractivity contribution is 0.935. The SMILES string of the molecule is c1ccc2c(c1)c1ccccc1n2-c1ccc([Si]2(c3ccc(-n4c5ccccc5c5ccccc54)cc3)CCCC2)cc1. The Labute approximate surface area is 252 Å². The number of benzene rings is 6. The fourth-order valence-electron chi connectivity index (χ4n) is 7.98. The maximum Gasteiger partial charge on any atom is 0.118 e. The molecule has 6 aromatic carbocycles. The van der Waals surface area contributed by atoms with Crippen molar-refractivity contribution in [1.82, 2.24) is 9.13 Å². The zero-order valence-corrected chi connectivity index (χ0v) is 25.1. The van der Waals surface area contributed by atoms with Crippen molar-refractivity contribution in [3.63, 3.8) is 0 Å². The van der Waals surface area contributed by atoms with Crippen molar-refractivity contribution >= 4 is 62.1 Å². The normalized spacial score (nSPS) is 14.8. The predicted octanol–water partition coefficient (Wildman–Crippen LogP) is 9.24. The second kappa shape index (κ2) is 9.58. The fraction of sp³-hybridized carbons (Fsp3) is 0.100. The molecule has 0 bridgehead atoms. The molecule has 3 heteroatoms. The van der Waals surface area contributed by atoms with Crippen LogP contribution < -0.4 is 10.4 Å². The molecule has 0 spiro atoms. The molecule has 9 rings (SSSR count). The van der Waals surface area contributed by atoms with E-state index in [1.54, 1.807) is 10.4 Å². The largest absolute Gasteiger partial charge is 0.309 e. The Morgan fingerprint density at radius 3 is 0.977 bits per heavy atom. The lowest BCUT2D eigenvalue weighted by Gasteiger charge is -2.28.